The van der Waals surface area contributed by atoms with E-state index in [4.69, 9.17) is 10.5 Å². The smallest absolute Gasteiger partial charge is 0.246 e. The van der Waals surface area contributed by atoms with E-state index in [1.165, 1.54) is 23.5 Å². The van der Waals surface area contributed by atoms with E-state index in [2.05, 4.69) is 0 Å². The van der Waals surface area contributed by atoms with Gasteiger partial charge >= 0.3 is 0 Å². The van der Waals surface area contributed by atoms with Crippen molar-refractivity contribution in [2.24, 2.45) is 0 Å². The minimum atomic E-state index is -3.92. The summed E-state index contributed by atoms with van der Waals surface area (Å²) in [5.74, 6) is -0.830. The number of sulfonamides is 1. The first-order valence-electron chi connectivity index (χ1n) is 6.94. The Morgan fingerprint density at radius 1 is 1.33 bits per heavy atom. The van der Waals surface area contributed by atoms with Crippen LogP contribution in [0.4, 0.5) is 10.1 Å². The van der Waals surface area contributed by atoms with Gasteiger partial charge in [-0.1, -0.05) is 13.8 Å². The lowest BCUT2D eigenvalue weighted by atomic mass is 10.2. The van der Waals surface area contributed by atoms with E-state index < -0.39 is 15.8 Å². The van der Waals surface area contributed by atoms with Crippen LogP contribution in [-0.2, 0) is 14.8 Å². The highest BCUT2D eigenvalue weighted by atomic mass is 32.2. The third kappa shape index (κ3) is 4.15. The molecule has 0 saturated carbocycles. The Balaban J connectivity index is 3.25. The Labute approximate surface area is 125 Å². The molecule has 0 fully saturated rings. The van der Waals surface area contributed by atoms with Crippen molar-refractivity contribution in [3.8, 4) is 0 Å². The zero-order valence-corrected chi connectivity index (χ0v) is 13.5. The van der Waals surface area contributed by atoms with Crippen molar-refractivity contribution in [2.45, 2.75) is 37.6 Å². The number of hydrogen-bond acceptors (Lipinski definition) is 4. The van der Waals surface area contributed by atoms with Crippen LogP contribution in [0.3, 0.4) is 0 Å². The highest BCUT2D eigenvalue weighted by Crippen LogP contribution is 2.24. The fourth-order valence-electron chi connectivity index (χ4n) is 2.23. The molecule has 1 aromatic carbocycles. The Kier molecular flexibility index (Phi) is 6.57. The Morgan fingerprint density at radius 2 is 1.95 bits per heavy atom. The maximum Gasteiger partial charge on any atom is 0.246 e. The molecule has 0 unspecified atom stereocenters. The van der Waals surface area contributed by atoms with Crippen molar-refractivity contribution in [1.82, 2.24) is 4.31 Å². The van der Waals surface area contributed by atoms with Crippen LogP contribution in [0.5, 0.6) is 0 Å². The molecule has 0 bridgehead atoms. The lowest BCUT2D eigenvalue weighted by Gasteiger charge is -2.29. The number of nitrogens with two attached hydrogens (primary N) is 1. The average Bonchev–Trinajstić information content (AvgIpc) is 2.42. The molecule has 0 aliphatic carbocycles. The molecule has 0 saturated heterocycles. The van der Waals surface area contributed by atoms with Gasteiger partial charge < -0.3 is 10.5 Å². The molecular formula is C14H23FN2O3S. The van der Waals surface area contributed by atoms with Gasteiger partial charge in [0.05, 0.1) is 6.61 Å². The van der Waals surface area contributed by atoms with Crippen LogP contribution >= 0.6 is 0 Å². The monoisotopic (exact) mass is 318 g/mol. The Hall–Kier alpha value is -1.18. The average molecular weight is 318 g/mol. The lowest BCUT2D eigenvalue weighted by molar-refractivity contribution is 0.163. The maximum atomic E-state index is 14.0. The van der Waals surface area contributed by atoms with Gasteiger partial charge in [-0.05, 0) is 31.0 Å². The van der Waals surface area contributed by atoms with E-state index in [-0.39, 0.29) is 29.8 Å². The first-order chi connectivity index (χ1) is 9.88. The number of hydrogen-bond donors (Lipinski definition) is 1. The number of rotatable bonds is 8. The quantitative estimate of drug-likeness (QED) is 0.746. The lowest BCUT2D eigenvalue weighted by Crippen LogP contribution is -2.42. The highest BCUT2D eigenvalue weighted by Gasteiger charge is 2.31. The van der Waals surface area contributed by atoms with Gasteiger partial charge in [-0.2, -0.15) is 4.31 Å². The van der Waals surface area contributed by atoms with Crippen molar-refractivity contribution in [3.05, 3.63) is 24.0 Å². The molecule has 0 aliphatic heterocycles. The number of halogens is 1. The first kappa shape index (κ1) is 17.9. The molecule has 21 heavy (non-hydrogen) atoms. The molecule has 120 valence electrons. The Bertz CT molecular complexity index is 559. The van der Waals surface area contributed by atoms with Crippen molar-refractivity contribution in [1.29, 1.82) is 0 Å². The summed E-state index contributed by atoms with van der Waals surface area (Å²) in [7, 11) is -2.42. The third-order valence-electron chi connectivity index (χ3n) is 3.41. The molecule has 0 aliphatic rings. The Morgan fingerprint density at radius 3 is 2.43 bits per heavy atom. The second kappa shape index (κ2) is 7.72. The summed E-state index contributed by atoms with van der Waals surface area (Å²) in [5.41, 5.74) is 5.66. The van der Waals surface area contributed by atoms with Crippen LogP contribution in [0.15, 0.2) is 23.1 Å². The number of nitrogen functional groups attached to an aromatic ring is 1. The second-order valence-electron chi connectivity index (χ2n) is 4.77. The van der Waals surface area contributed by atoms with Gasteiger partial charge in [0.25, 0.3) is 0 Å². The molecule has 0 heterocycles. The van der Waals surface area contributed by atoms with E-state index in [9.17, 15) is 12.8 Å². The van der Waals surface area contributed by atoms with Crippen molar-refractivity contribution >= 4 is 15.7 Å². The number of benzene rings is 1. The van der Waals surface area contributed by atoms with Crippen molar-refractivity contribution in [3.63, 3.8) is 0 Å². The van der Waals surface area contributed by atoms with E-state index >= 15 is 0 Å². The van der Waals surface area contributed by atoms with Crippen molar-refractivity contribution < 1.29 is 17.5 Å². The van der Waals surface area contributed by atoms with Gasteiger partial charge in [-0.3, -0.25) is 0 Å². The fourth-order valence-corrected chi connectivity index (χ4v) is 4.03. The van der Waals surface area contributed by atoms with Crippen molar-refractivity contribution in [2.75, 3.05) is 26.0 Å². The van der Waals surface area contributed by atoms with Gasteiger partial charge in [0.1, 0.15) is 10.7 Å². The molecule has 0 radical (unpaired) electrons. The molecule has 1 aromatic rings. The van der Waals surface area contributed by atoms with E-state index in [1.807, 2.05) is 13.8 Å². The van der Waals surface area contributed by atoms with Crippen LogP contribution in [0.2, 0.25) is 0 Å². The number of nitrogens with zero attached hydrogens (tertiary/aromatic N) is 1. The summed E-state index contributed by atoms with van der Waals surface area (Å²) in [6, 6.07) is 3.43. The molecule has 5 nitrogen and oxygen atoms in total. The fraction of sp³-hybridized carbons (Fsp3) is 0.571. The molecule has 0 aromatic heterocycles. The number of ether oxygens (including phenoxy) is 1. The van der Waals surface area contributed by atoms with Crippen LogP contribution < -0.4 is 5.73 Å². The molecule has 0 amide bonds. The molecule has 0 spiro atoms. The number of methoxy groups -OCH3 is 1. The predicted molar refractivity (Wildman–Crippen MR) is 81.0 cm³/mol. The zero-order valence-electron chi connectivity index (χ0n) is 12.7. The zero-order chi connectivity index (χ0) is 16.0. The minimum absolute atomic E-state index is 0.189. The van der Waals surface area contributed by atoms with Crippen LogP contribution in [0.25, 0.3) is 0 Å². The molecule has 7 heteroatoms. The van der Waals surface area contributed by atoms with E-state index in [1.54, 1.807) is 0 Å². The molecule has 1 rings (SSSR count). The molecule has 0 atom stereocenters. The summed E-state index contributed by atoms with van der Waals surface area (Å²) in [6.07, 6.45) is 1.30. The van der Waals surface area contributed by atoms with Gasteiger partial charge in [-0.15, -0.1) is 0 Å². The third-order valence-corrected chi connectivity index (χ3v) is 5.39. The summed E-state index contributed by atoms with van der Waals surface area (Å²) < 4.78 is 45.7. The largest absolute Gasteiger partial charge is 0.399 e. The van der Waals surface area contributed by atoms with Gasteiger partial charge in [-0.25, -0.2) is 12.8 Å². The maximum absolute atomic E-state index is 14.0. The van der Waals surface area contributed by atoms with Gasteiger partial charge in [0.2, 0.25) is 10.0 Å². The molecular weight excluding hydrogens is 295 g/mol. The minimum Gasteiger partial charge on any atom is -0.399 e. The van der Waals surface area contributed by atoms with Crippen LogP contribution in [0, 0.1) is 5.82 Å². The summed E-state index contributed by atoms with van der Waals surface area (Å²) >= 11 is 0. The molecule has 2 N–H and O–H groups in total. The normalized spacial score (nSPS) is 12.3. The van der Waals surface area contributed by atoms with E-state index in [0.717, 1.165) is 6.07 Å². The SMILES string of the molecule is CCC(CC)N(CCOC)S(=O)(=O)c1ccc(N)cc1F. The summed E-state index contributed by atoms with van der Waals surface area (Å²) in [5, 5.41) is 0. The number of anilines is 1. The standard InChI is InChI=1S/C14H23FN2O3S/c1-4-12(5-2)17(8-9-20-3)21(18,19)14-7-6-11(16)10-13(14)15/h6-7,10,12H,4-5,8-9,16H2,1-3H3. The highest BCUT2D eigenvalue weighted by molar-refractivity contribution is 7.89. The van der Waals surface area contributed by atoms with Gasteiger partial charge in [0.15, 0.2) is 0 Å². The van der Waals surface area contributed by atoms with Gasteiger partial charge in [0, 0.05) is 25.4 Å². The van der Waals surface area contributed by atoms with E-state index in [0.29, 0.717) is 12.8 Å². The van der Waals surface area contributed by atoms with Crippen LogP contribution in [-0.4, -0.2) is 39.0 Å². The topological polar surface area (TPSA) is 72.6 Å². The first-order valence-corrected chi connectivity index (χ1v) is 8.38. The second-order valence-corrected chi connectivity index (χ2v) is 6.63. The summed E-state index contributed by atoms with van der Waals surface area (Å²) in [6.45, 7) is 4.26. The van der Waals surface area contributed by atoms with Crippen LogP contribution in [0.1, 0.15) is 26.7 Å². The summed E-state index contributed by atoms with van der Waals surface area (Å²) in [4.78, 5) is -0.347. The predicted octanol–water partition coefficient (Wildman–Crippen LogP) is 2.23.